The lowest BCUT2D eigenvalue weighted by Gasteiger charge is -2.25. The van der Waals surface area contributed by atoms with E-state index >= 15 is 0 Å². The van der Waals surface area contributed by atoms with Gasteiger partial charge in [-0.15, -0.1) is 0 Å². The van der Waals surface area contributed by atoms with E-state index in [1.54, 1.807) is 0 Å². The summed E-state index contributed by atoms with van der Waals surface area (Å²) >= 11 is 0. The predicted octanol–water partition coefficient (Wildman–Crippen LogP) is 3.54. The van der Waals surface area contributed by atoms with Crippen LogP contribution in [0.3, 0.4) is 0 Å². The molecule has 0 aliphatic heterocycles. The first-order valence-electron chi connectivity index (χ1n) is 7.96. The number of aromatic amines is 1. The van der Waals surface area contributed by atoms with Crippen LogP contribution in [-0.4, -0.2) is 21.9 Å². The van der Waals surface area contributed by atoms with Gasteiger partial charge in [0.1, 0.15) is 5.82 Å². The summed E-state index contributed by atoms with van der Waals surface area (Å²) in [5.41, 5.74) is 9.23. The number of carbonyl (C=O) groups excluding carboxylic acids is 1. The summed E-state index contributed by atoms with van der Waals surface area (Å²) in [6, 6.07) is 14.9. The fourth-order valence-electron chi connectivity index (χ4n) is 2.45. The van der Waals surface area contributed by atoms with Crippen LogP contribution in [0.5, 0.6) is 0 Å². The van der Waals surface area contributed by atoms with E-state index in [-0.39, 0.29) is 11.3 Å². The van der Waals surface area contributed by atoms with Gasteiger partial charge in [0, 0.05) is 11.3 Å². The number of amides is 1. The molecule has 3 rings (SSSR count). The number of nitrogens with two attached hydrogens (primary N) is 1. The van der Waals surface area contributed by atoms with Crippen molar-refractivity contribution in [1.82, 2.24) is 9.97 Å². The first-order valence-corrected chi connectivity index (χ1v) is 7.96. The molecular weight excluding hydrogens is 300 g/mol. The second-order valence-electron chi connectivity index (χ2n) is 7.02. The first-order chi connectivity index (χ1) is 11.3. The van der Waals surface area contributed by atoms with Crippen molar-refractivity contribution in [2.45, 2.75) is 26.8 Å². The summed E-state index contributed by atoms with van der Waals surface area (Å²) in [6.07, 6.45) is 0. The highest BCUT2D eigenvalue weighted by molar-refractivity contribution is 5.95. The third-order valence-corrected chi connectivity index (χ3v) is 4.01. The molecule has 24 heavy (non-hydrogen) atoms. The van der Waals surface area contributed by atoms with Gasteiger partial charge in [-0.1, -0.05) is 45.0 Å². The topological polar surface area (TPSA) is 83.8 Å². The lowest BCUT2D eigenvalue weighted by atomic mass is 9.87. The van der Waals surface area contributed by atoms with Gasteiger partial charge in [-0.25, -0.2) is 4.98 Å². The van der Waals surface area contributed by atoms with Gasteiger partial charge >= 0.3 is 0 Å². The number of hydrogen-bond acceptors (Lipinski definition) is 3. The molecule has 1 atom stereocenters. The van der Waals surface area contributed by atoms with Crippen molar-refractivity contribution in [3.05, 3.63) is 48.5 Å². The zero-order valence-corrected chi connectivity index (χ0v) is 14.1. The smallest absolute Gasteiger partial charge is 0.241 e. The summed E-state index contributed by atoms with van der Waals surface area (Å²) in [4.78, 5) is 20.2. The number of aromatic nitrogens is 2. The molecule has 0 bridgehead atoms. The zero-order chi connectivity index (χ0) is 17.3. The molecule has 2 aromatic carbocycles. The summed E-state index contributed by atoms with van der Waals surface area (Å²) < 4.78 is 0. The van der Waals surface area contributed by atoms with E-state index in [9.17, 15) is 4.79 Å². The molecule has 5 heteroatoms. The summed E-state index contributed by atoms with van der Waals surface area (Å²) in [5.74, 6) is 0.580. The molecular formula is C19H22N4O. The van der Waals surface area contributed by atoms with Gasteiger partial charge in [-0.05, 0) is 29.7 Å². The Bertz CT molecular complexity index is 843. The van der Waals surface area contributed by atoms with Crippen LogP contribution in [0.25, 0.3) is 22.4 Å². The molecule has 3 aromatic rings. The number of benzene rings is 2. The van der Waals surface area contributed by atoms with Crippen LogP contribution in [0.1, 0.15) is 20.8 Å². The van der Waals surface area contributed by atoms with E-state index < -0.39 is 6.04 Å². The van der Waals surface area contributed by atoms with Crippen LogP contribution in [0.4, 0.5) is 5.69 Å². The van der Waals surface area contributed by atoms with E-state index in [0.29, 0.717) is 5.69 Å². The van der Waals surface area contributed by atoms with Crippen LogP contribution in [-0.2, 0) is 4.79 Å². The van der Waals surface area contributed by atoms with Crippen molar-refractivity contribution >= 4 is 22.6 Å². The SMILES string of the molecule is CC(C)(C)[C@H](N)C(=O)Nc1cccc(-c2nc3ccccc3[nH]2)c1. The number of fused-ring (bicyclic) bond motifs is 1. The van der Waals surface area contributed by atoms with E-state index in [1.807, 2.05) is 69.3 Å². The molecule has 1 aromatic heterocycles. The van der Waals surface area contributed by atoms with Gasteiger partial charge in [-0.3, -0.25) is 4.79 Å². The molecule has 124 valence electrons. The van der Waals surface area contributed by atoms with Gasteiger partial charge in [0.05, 0.1) is 17.1 Å². The quantitative estimate of drug-likeness (QED) is 0.689. The van der Waals surface area contributed by atoms with E-state index in [2.05, 4.69) is 15.3 Å². The molecule has 0 saturated carbocycles. The maximum atomic E-state index is 12.3. The monoisotopic (exact) mass is 322 g/mol. The minimum Gasteiger partial charge on any atom is -0.338 e. The second kappa shape index (κ2) is 6.09. The highest BCUT2D eigenvalue weighted by Crippen LogP contribution is 2.24. The minimum absolute atomic E-state index is 0.191. The molecule has 0 aliphatic rings. The number of rotatable bonds is 3. The Morgan fingerprint density at radius 2 is 1.92 bits per heavy atom. The summed E-state index contributed by atoms with van der Waals surface area (Å²) in [5, 5.41) is 2.89. The van der Waals surface area contributed by atoms with E-state index in [4.69, 9.17) is 5.73 Å². The predicted molar refractivity (Wildman–Crippen MR) is 97.6 cm³/mol. The van der Waals surface area contributed by atoms with Crippen molar-refractivity contribution < 1.29 is 4.79 Å². The van der Waals surface area contributed by atoms with Crippen molar-refractivity contribution in [1.29, 1.82) is 0 Å². The Balaban J connectivity index is 1.85. The maximum Gasteiger partial charge on any atom is 0.241 e. The third kappa shape index (κ3) is 3.31. The third-order valence-electron chi connectivity index (χ3n) is 4.01. The lowest BCUT2D eigenvalue weighted by molar-refractivity contribution is -0.119. The Kier molecular flexibility index (Phi) is 4.11. The number of para-hydroxylation sites is 2. The molecule has 1 amide bonds. The molecule has 0 fully saturated rings. The summed E-state index contributed by atoms with van der Waals surface area (Å²) in [7, 11) is 0. The van der Waals surface area contributed by atoms with Gasteiger partial charge in [0.2, 0.25) is 5.91 Å². The van der Waals surface area contributed by atoms with E-state index in [0.717, 1.165) is 22.4 Å². The Morgan fingerprint density at radius 3 is 2.62 bits per heavy atom. The average Bonchev–Trinajstić information content (AvgIpc) is 2.97. The number of imidazole rings is 1. The lowest BCUT2D eigenvalue weighted by Crippen LogP contribution is -2.45. The van der Waals surface area contributed by atoms with Gasteiger partial charge < -0.3 is 16.0 Å². The molecule has 0 aliphatic carbocycles. The van der Waals surface area contributed by atoms with Crippen LogP contribution in [0, 0.1) is 5.41 Å². The van der Waals surface area contributed by atoms with Crippen LogP contribution in [0.2, 0.25) is 0 Å². The van der Waals surface area contributed by atoms with Crippen LogP contribution in [0.15, 0.2) is 48.5 Å². The Hall–Kier alpha value is -2.66. The zero-order valence-electron chi connectivity index (χ0n) is 14.1. The minimum atomic E-state index is -0.577. The number of nitrogens with zero attached hydrogens (tertiary/aromatic N) is 1. The number of H-pyrrole nitrogens is 1. The fraction of sp³-hybridized carbons (Fsp3) is 0.263. The molecule has 4 N–H and O–H groups in total. The van der Waals surface area contributed by atoms with E-state index in [1.165, 1.54) is 0 Å². The average molecular weight is 322 g/mol. The Morgan fingerprint density at radius 1 is 1.17 bits per heavy atom. The molecule has 1 heterocycles. The number of anilines is 1. The Labute approximate surface area is 141 Å². The van der Waals surface area contributed by atoms with Crippen LogP contribution < -0.4 is 11.1 Å². The van der Waals surface area contributed by atoms with Crippen LogP contribution >= 0.6 is 0 Å². The van der Waals surface area contributed by atoms with Crippen molar-refractivity contribution in [2.24, 2.45) is 11.1 Å². The number of hydrogen-bond donors (Lipinski definition) is 3. The number of carbonyl (C=O) groups is 1. The van der Waals surface area contributed by atoms with Crippen molar-refractivity contribution in [2.75, 3.05) is 5.32 Å². The standard InChI is InChI=1S/C19H22N4O/c1-19(2,3)16(20)18(24)21-13-8-6-7-12(11-13)17-22-14-9-4-5-10-15(14)23-17/h4-11,16H,20H2,1-3H3,(H,21,24)(H,22,23)/t16-/m1/s1. The fourth-order valence-corrected chi connectivity index (χ4v) is 2.45. The van der Waals surface area contributed by atoms with Crippen molar-refractivity contribution in [3.63, 3.8) is 0 Å². The molecule has 5 nitrogen and oxygen atoms in total. The molecule has 0 spiro atoms. The number of nitrogens with one attached hydrogen (secondary N) is 2. The van der Waals surface area contributed by atoms with Gasteiger partial charge in [0.15, 0.2) is 0 Å². The highest BCUT2D eigenvalue weighted by Gasteiger charge is 2.27. The molecule has 0 unspecified atom stereocenters. The largest absolute Gasteiger partial charge is 0.338 e. The van der Waals surface area contributed by atoms with Gasteiger partial charge in [0.25, 0.3) is 0 Å². The second-order valence-corrected chi connectivity index (χ2v) is 7.02. The molecule has 0 radical (unpaired) electrons. The molecule has 0 saturated heterocycles. The maximum absolute atomic E-state index is 12.3. The van der Waals surface area contributed by atoms with Gasteiger partial charge in [-0.2, -0.15) is 0 Å². The van der Waals surface area contributed by atoms with Crippen molar-refractivity contribution in [3.8, 4) is 11.4 Å². The summed E-state index contributed by atoms with van der Waals surface area (Å²) in [6.45, 7) is 5.84. The normalized spacial score (nSPS) is 13.0. The first kappa shape index (κ1) is 16.2. The highest BCUT2D eigenvalue weighted by atomic mass is 16.2.